The lowest BCUT2D eigenvalue weighted by molar-refractivity contribution is -0.131. The highest BCUT2D eigenvalue weighted by Gasteiger charge is 2.15. The number of likely N-dealkylation sites (tertiary alicyclic amines) is 1. The highest BCUT2D eigenvalue weighted by Crippen LogP contribution is 2.08. The Morgan fingerprint density at radius 2 is 2.11 bits per heavy atom. The molecular weight excluding hydrogens is 240 g/mol. The van der Waals surface area contributed by atoms with Crippen LogP contribution in [0.3, 0.4) is 0 Å². The standard InChI is InChI=1S/C14H24N4O/c1-3-18-13(9-12(2)16-18)10-15-11-14(19)17-7-5-4-6-8-17/h9,15H,3-8,10-11H2,1-2H3. The maximum absolute atomic E-state index is 12.0. The number of aromatic nitrogens is 2. The van der Waals surface area contributed by atoms with E-state index in [9.17, 15) is 4.79 Å². The molecule has 0 saturated carbocycles. The van der Waals surface area contributed by atoms with Crippen molar-refractivity contribution in [1.29, 1.82) is 0 Å². The minimum absolute atomic E-state index is 0.221. The van der Waals surface area contributed by atoms with Crippen LogP contribution in [-0.2, 0) is 17.9 Å². The zero-order chi connectivity index (χ0) is 13.7. The van der Waals surface area contributed by atoms with Crippen LogP contribution in [0.2, 0.25) is 0 Å². The van der Waals surface area contributed by atoms with Gasteiger partial charge in [0.15, 0.2) is 0 Å². The van der Waals surface area contributed by atoms with Gasteiger partial charge in [0.25, 0.3) is 0 Å². The van der Waals surface area contributed by atoms with Crippen molar-refractivity contribution in [3.8, 4) is 0 Å². The SMILES string of the molecule is CCn1nc(C)cc1CNCC(=O)N1CCCCC1. The van der Waals surface area contributed by atoms with Crippen molar-refractivity contribution in [1.82, 2.24) is 20.0 Å². The van der Waals surface area contributed by atoms with Gasteiger partial charge in [-0.2, -0.15) is 5.10 Å². The first-order valence-corrected chi connectivity index (χ1v) is 7.22. The minimum Gasteiger partial charge on any atom is -0.342 e. The first-order chi connectivity index (χ1) is 9.20. The molecule has 1 aliphatic rings. The second kappa shape index (κ2) is 6.70. The van der Waals surface area contributed by atoms with Crippen molar-refractivity contribution in [2.24, 2.45) is 0 Å². The van der Waals surface area contributed by atoms with E-state index in [2.05, 4.69) is 23.4 Å². The smallest absolute Gasteiger partial charge is 0.236 e. The van der Waals surface area contributed by atoms with Crippen molar-refractivity contribution in [2.45, 2.75) is 46.2 Å². The van der Waals surface area contributed by atoms with Crippen molar-refractivity contribution in [3.63, 3.8) is 0 Å². The van der Waals surface area contributed by atoms with E-state index in [4.69, 9.17) is 0 Å². The molecule has 1 N–H and O–H groups in total. The van der Waals surface area contributed by atoms with E-state index >= 15 is 0 Å². The predicted molar refractivity (Wildman–Crippen MR) is 74.8 cm³/mol. The molecule has 1 fully saturated rings. The number of carbonyl (C=O) groups is 1. The molecule has 2 rings (SSSR count). The van der Waals surface area contributed by atoms with Crippen LogP contribution < -0.4 is 5.32 Å². The van der Waals surface area contributed by atoms with Crippen LogP contribution in [0.25, 0.3) is 0 Å². The molecule has 0 atom stereocenters. The molecule has 5 nitrogen and oxygen atoms in total. The van der Waals surface area contributed by atoms with Gasteiger partial charge in [-0.3, -0.25) is 9.48 Å². The summed E-state index contributed by atoms with van der Waals surface area (Å²) in [4.78, 5) is 14.0. The summed E-state index contributed by atoms with van der Waals surface area (Å²) in [6.07, 6.45) is 3.55. The maximum atomic E-state index is 12.0. The second-order valence-corrected chi connectivity index (χ2v) is 5.14. The minimum atomic E-state index is 0.221. The summed E-state index contributed by atoms with van der Waals surface area (Å²) in [5.41, 5.74) is 2.17. The Labute approximate surface area is 115 Å². The zero-order valence-corrected chi connectivity index (χ0v) is 12.0. The Hall–Kier alpha value is -1.36. The van der Waals surface area contributed by atoms with Crippen molar-refractivity contribution in [2.75, 3.05) is 19.6 Å². The molecule has 19 heavy (non-hydrogen) atoms. The highest BCUT2D eigenvalue weighted by atomic mass is 16.2. The van der Waals surface area contributed by atoms with Gasteiger partial charge in [-0.1, -0.05) is 0 Å². The molecule has 0 radical (unpaired) electrons. The third-order valence-electron chi connectivity index (χ3n) is 3.58. The van der Waals surface area contributed by atoms with Crippen LogP contribution in [0.15, 0.2) is 6.07 Å². The first kappa shape index (κ1) is 14.1. The van der Waals surface area contributed by atoms with E-state index in [1.807, 2.05) is 16.5 Å². The van der Waals surface area contributed by atoms with Gasteiger partial charge in [0.2, 0.25) is 5.91 Å². The quantitative estimate of drug-likeness (QED) is 0.872. The van der Waals surface area contributed by atoms with Crippen molar-refractivity contribution < 1.29 is 4.79 Å². The predicted octanol–water partition coefficient (Wildman–Crippen LogP) is 1.31. The summed E-state index contributed by atoms with van der Waals surface area (Å²) >= 11 is 0. The summed E-state index contributed by atoms with van der Waals surface area (Å²) < 4.78 is 1.98. The van der Waals surface area contributed by atoms with Gasteiger partial charge >= 0.3 is 0 Å². The fraction of sp³-hybridized carbons (Fsp3) is 0.714. The zero-order valence-electron chi connectivity index (χ0n) is 12.0. The molecule has 1 saturated heterocycles. The van der Waals surface area contributed by atoms with Crippen molar-refractivity contribution >= 4 is 5.91 Å². The molecule has 0 aliphatic carbocycles. The van der Waals surface area contributed by atoms with Gasteiger partial charge in [-0.15, -0.1) is 0 Å². The molecule has 106 valence electrons. The Morgan fingerprint density at radius 3 is 2.79 bits per heavy atom. The van der Waals surface area contributed by atoms with Gasteiger partial charge < -0.3 is 10.2 Å². The molecule has 2 heterocycles. The number of carbonyl (C=O) groups excluding carboxylic acids is 1. The molecule has 0 bridgehead atoms. The average molecular weight is 264 g/mol. The fourth-order valence-corrected chi connectivity index (χ4v) is 2.57. The van der Waals surface area contributed by atoms with Crippen LogP contribution in [0.4, 0.5) is 0 Å². The number of aryl methyl sites for hydroxylation is 2. The fourth-order valence-electron chi connectivity index (χ4n) is 2.57. The Kier molecular flexibility index (Phi) is 4.96. The lowest BCUT2D eigenvalue weighted by Gasteiger charge is -2.26. The average Bonchev–Trinajstić information content (AvgIpc) is 2.80. The maximum Gasteiger partial charge on any atom is 0.236 e. The van der Waals surface area contributed by atoms with Gasteiger partial charge in [0, 0.05) is 26.2 Å². The summed E-state index contributed by atoms with van der Waals surface area (Å²) in [5, 5.41) is 7.63. The number of piperidine rings is 1. The van der Waals surface area contributed by atoms with E-state index in [0.29, 0.717) is 13.1 Å². The summed E-state index contributed by atoms with van der Waals surface area (Å²) in [6.45, 7) is 7.91. The van der Waals surface area contributed by atoms with Crippen molar-refractivity contribution in [3.05, 3.63) is 17.5 Å². The lowest BCUT2D eigenvalue weighted by atomic mass is 10.1. The lowest BCUT2D eigenvalue weighted by Crippen LogP contribution is -2.41. The number of rotatable bonds is 5. The van der Waals surface area contributed by atoms with Crippen LogP contribution in [0.1, 0.15) is 37.6 Å². The van der Waals surface area contributed by atoms with Crippen LogP contribution >= 0.6 is 0 Å². The summed E-state index contributed by atoms with van der Waals surface area (Å²) in [5.74, 6) is 0.221. The molecule has 5 heteroatoms. The van der Waals surface area contributed by atoms with Crippen LogP contribution in [-0.4, -0.2) is 40.2 Å². The van der Waals surface area contributed by atoms with Crippen LogP contribution in [0, 0.1) is 6.92 Å². The number of nitrogens with one attached hydrogen (secondary N) is 1. The van der Waals surface area contributed by atoms with Gasteiger partial charge in [0.05, 0.1) is 17.9 Å². The Balaban J connectivity index is 1.77. The molecule has 1 amide bonds. The second-order valence-electron chi connectivity index (χ2n) is 5.14. The molecule has 1 aliphatic heterocycles. The molecule has 1 aromatic rings. The van der Waals surface area contributed by atoms with E-state index in [-0.39, 0.29) is 5.91 Å². The van der Waals surface area contributed by atoms with E-state index in [1.165, 1.54) is 6.42 Å². The normalized spacial score (nSPS) is 15.8. The molecular formula is C14H24N4O. The Bertz CT molecular complexity index is 421. The third-order valence-corrected chi connectivity index (χ3v) is 3.58. The largest absolute Gasteiger partial charge is 0.342 e. The van der Waals surface area contributed by atoms with Crippen LogP contribution in [0.5, 0.6) is 0 Å². The first-order valence-electron chi connectivity index (χ1n) is 7.22. The third kappa shape index (κ3) is 3.80. The van der Waals surface area contributed by atoms with Gasteiger partial charge in [-0.25, -0.2) is 0 Å². The topological polar surface area (TPSA) is 50.2 Å². The monoisotopic (exact) mass is 264 g/mol. The van der Waals surface area contributed by atoms with Gasteiger partial charge in [0.1, 0.15) is 0 Å². The number of hydrogen-bond donors (Lipinski definition) is 1. The molecule has 0 unspecified atom stereocenters. The Morgan fingerprint density at radius 1 is 1.37 bits per heavy atom. The molecule has 0 spiro atoms. The van der Waals surface area contributed by atoms with E-state index in [0.717, 1.165) is 43.9 Å². The van der Waals surface area contributed by atoms with Gasteiger partial charge in [-0.05, 0) is 39.2 Å². The number of hydrogen-bond acceptors (Lipinski definition) is 3. The van der Waals surface area contributed by atoms with E-state index < -0.39 is 0 Å². The van der Waals surface area contributed by atoms with E-state index in [1.54, 1.807) is 0 Å². The number of amides is 1. The molecule has 1 aromatic heterocycles. The highest BCUT2D eigenvalue weighted by molar-refractivity contribution is 5.78. The summed E-state index contributed by atoms with van der Waals surface area (Å²) in [6, 6.07) is 2.07. The number of nitrogens with zero attached hydrogens (tertiary/aromatic N) is 3. The summed E-state index contributed by atoms with van der Waals surface area (Å²) in [7, 11) is 0. The molecule has 0 aromatic carbocycles.